The first-order chi connectivity index (χ1) is 16.1. The zero-order chi connectivity index (χ0) is 22.8. The van der Waals surface area contributed by atoms with Crippen LogP contribution in [0.3, 0.4) is 0 Å². The number of hydrogen-bond donors (Lipinski definition) is 2. The van der Waals surface area contributed by atoms with Crippen LogP contribution in [0.25, 0.3) is 11.3 Å². The van der Waals surface area contributed by atoms with Gasteiger partial charge in [-0.3, -0.25) is 4.68 Å². The third kappa shape index (κ3) is 4.99. The number of nitrogens with one attached hydrogen (secondary N) is 2. The van der Waals surface area contributed by atoms with E-state index in [1.165, 1.54) is 0 Å². The Morgan fingerprint density at radius 2 is 1.91 bits per heavy atom. The highest BCUT2D eigenvalue weighted by Gasteiger charge is 2.36. The third-order valence-corrected chi connectivity index (χ3v) is 6.71. The first kappa shape index (κ1) is 21.4. The zero-order valence-corrected chi connectivity index (χ0v) is 19.2. The van der Waals surface area contributed by atoms with Crippen LogP contribution in [0, 0.1) is 30.1 Å². The van der Waals surface area contributed by atoms with Gasteiger partial charge in [-0.05, 0) is 69.9 Å². The Balaban J connectivity index is 1.24. The second kappa shape index (κ2) is 9.20. The van der Waals surface area contributed by atoms with Gasteiger partial charge < -0.3 is 15.5 Å². The minimum Gasteiger partial charge on any atom is -0.385 e. The Morgan fingerprint density at radius 1 is 1.12 bits per heavy atom. The van der Waals surface area contributed by atoms with E-state index in [2.05, 4.69) is 73.9 Å². The Kier molecular flexibility index (Phi) is 5.97. The number of aromatic nitrogens is 4. The smallest absolute Gasteiger partial charge is 0.227 e. The van der Waals surface area contributed by atoms with Crippen molar-refractivity contribution in [2.45, 2.75) is 32.2 Å². The minimum absolute atomic E-state index is 0.225. The molecule has 1 aliphatic heterocycles. The first-order valence-corrected chi connectivity index (χ1v) is 11.7. The van der Waals surface area contributed by atoms with Gasteiger partial charge in [0.15, 0.2) is 0 Å². The normalized spacial score (nSPS) is 20.9. The van der Waals surface area contributed by atoms with Crippen LogP contribution < -0.4 is 10.6 Å². The van der Waals surface area contributed by atoms with E-state index < -0.39 is 0 Å². The van der Waals surface area contributed by atoms with Gasteiger partial charge in [-0.1, -0.05) is 12.1 Å². The predicted molar refractivity (Wildman–Crippen MR) is 129 cm³/mol. The number of likely N-dealkylation sites (tertiary alicyclic amines) is 1. The highest BCUT2D eigenvalue weighted by molar-refractivity contribution is 5.67. The molecule has 0 spiro atoms. The van der Waals surface area contributed by atoms with Gasteiger partial charge in [0, 0.05) is 30.2 Å². The molecule has 0 radical (unpaired) electrons. The van der Waals surface area contributed by atoms with Crippen molar-refractivity contribution in [3.63, 3.8) is 0 Å². The zero-order valence-electron chi connectivity index (χ0n) is 19.2. The molecule has 3 aromatic rings. The van der Waals surface area contributed by atoms with E-state index in [-0.39, 0.29) is 5.92 Å². The lowest BCUT2D eigenvalue weighted by atomic mass is 10.1. The van der Waals surface area contributed by atoms with Gasteiger partial charge in [0.25, 0.3) is 0 Å². The second-order valence-electron chi connectivity index (χ2n) is 9.28. The number of piperidine rings is 1. The molecule has 2 atom stereocenters. The molecular formula is C25H30N8. The number of rotatable bonds is 7. The monoisotopic (exact) mass is 442 g/mol. The lowest BCUT2D eigenvalue weighted by Gasteiger charge is -2.28. The summed E-state index contributed by atoms with van der Waals surface area (Å²) in [6, 6.07) is 11.1. The van der Waals surface area contributed by atoms with Crippen LogP contribution in [0.2, 0.25) is 0 Å². The van der Waals surface area contributed by atoms with E-state index in [4.69, 9.17) is 10.2 Å². The predicted octanol–water partition coefficient (Wildman–Crippen LogP) is 4.23. The van der Waals surface area contributed by atoms with Gasteiger partial charge in [-0.2, -0.15) is 10.4 Å². The summed E-state index contributed by atoms with van der Waals surface area (Å²) >= 11 is 0. The molecule has 2 fully saturated rings. The largest absolute Gasteiger partial charge is 0.385 e. The molecule has 8 heteroatoms. The summed E-state index contributed by atoms with van der Waals surface area (Å²) in [6.07, 6.45) is 9.00. The highest BCUT2D eigenvalue weighted by Crippen LogP contribution is 2.37. The number of nitrogens with zero attached hydrogens (tertiary/aromatic N) is 6. The molecule has 1 aromatic carbocycles. The van der Waals surface area contributed by atoms with Crippen molar-refractivity contribution in [2.24, 2.45) is 11.8 Å². The molecule has 2 N–H and O–H groups in total. The van der Waals surface area contributed by atoms with Crippen LogP contribution in [-0.4, -0.2) is 51.3 Å². The van der Waals surface area contributed by atoms with Crippen molar-refractivity contribution in [2.75, 3.05) is 37.3 Å². The number of hydrogen-bond acceptors (Lipinski definition) is 7. The molecule has 3 heterocycles. The molecule has 2 unspecified atom stereocenters. The van der Waals surface area contributed by atoms with Crippen LogP contribution >= 0.6 is 0 Å². The Hall–Kier alpha value is -3.44. The molecule has 2 aliphatic rings. The molecule has 2 aromatic heterocycles. The van der Waals surface area contributed by atoms with Crippen LogP contribution in [0.4, 0.5) is 17.3 Å². The van der Waals surface area contributed by atoms with Gasteiger partial charge >= 0.3 is 0 Å². The van der Waals surface area contributed by atoms with Crippen molar-refractivity contribution < 1.29 is 0 Å². The topological polar surface area (TPSA) is 94.7 Å². The Bertz CT molecular complexity index is 1140. The molecule has 1 saturated heterocycles. The summed E-state index contributed by atoms with van der Waals surface area (Å²) in [7, 11) is 2.17. The fourth-order valence-electron chi connectivity index (χ4n) is 4.41. The average molecular weight is 443 g/mol. The van der Waals surface area contributed by atoms with Crippen molar-refractivity contribution in [3.8, 4) is 17.3 Å². The number of nitriles is 1. The second-order valence-corrected chi connectivity index (χ2v) is 9.28. The van der Waals surface area contributed by atoms with Gasteiger partial charge in [0.2, 0.25) is 5.95 Å². The standard InChI is InChI=1S/C25H30N8/c1-17-13-28-25(30-22-15-29-33(16-22)23-7-9-32(2)10-8-23)31-24(17)18-3-5-21(6-4-18)27-14-20-11-19(20)12-26/h3-6,13,15-16,19-20,23,27H,7-11,14H2,1-2H3,(H,28,30,31). The molecule has 8 nitrogen and oxygen atoms in total. The van der Waals surface area contributed by atoms with Gasteiger partial charge in [-0.15, -0.1) is 0 Å². The Labute approximate surface area is 194 Å². The molecule has 5 rings (SSSR count). The lowest BCUT2D eigenvalue weighted by molar-refractivity contribution is 0.212. The molecule has 1 aliphatic carbocycles. The van der Waals surface area contributed by atoms with Crippen molar-refractivity contribution in [3.05, 3.63) is 48.4 Å². The Morgan fingerprint density at radius 3 is 2.64 bits per heavy atom. The highest BCUT2D eigenvalue weighted by atomic mass is 15.3. The fraction of sp³-hybridized carbons (Fsp3) is 0.440. The van der Waals surface area contributed by atoms with Crippen LogP contribution in [-0.2, 0) is 0 Å². The average Bonchev–Trinajstić information content (AvgIpc) is 3.46. The first-order valence-electron chi connectivity index (χ1n) is 11.7. The maximum atomic E-state index is 8.95. The lowest BCUT2D eigenvalue weighted by Crippen LogP contribution is -2.31. The quantitative estimate of drug-likeness (QED) is 0.565. The molecule has 33 heavy (non-hydrogen) atoms. The molecule has 0 amide bonds. The van der Waals surface area contributed by atoms with Crippen molar-refractivity contribution >= 4 is 17.3 Å². The van der Waals surface area contributed by atoms with Crippen LogP contribution in [0.15, 0.2) is 42.9 Å². The van der Waals surface area contributed by atoms with E-state index >= 15 is 0 Å². The number of benzene rings is 1. The van der Waals surface area contributed by atoms with Crippen LogP contribution in [0.1, 0.15) is 30.9 Å². The SMILES string of the molecule is Cc1cnc(Nc2cnn(C3CCN(C)CC3)c2)nc1-c1ccc(NCC2CC2C#N)cc1. The van der Waals surface area contributed by atoms with E-state index in [0.717, 1.165) is 67.1 Å². The molecular weight excluding hydrogens is 412 g/mol. The summed E-state index contributed by atoms with van der Waals surface area (Å²) < 4.78 is 2.07. The summed E-state index contributed by atoms with van der Waals surface area (Å²) in [5.41, 5.74) is 4.95. The van der Waals surface area contributed by atoms with Gasteiger partial charge in [0.05, 0.1) is 35.6 Å². The van der Waals surface area contributed by atoms with Gasteiger partial charge in [-0.25, -0.2) is 9.97 Å². The van der Waals surface area contributed by atoms with E-state index in [1.54, 1.807) is 0 Å². The third-order valence-electron chi connectivity index (χ3n) is 6.71. The fourth-order valence-corrected chi connectivity index (χ4v) is 4.41. The minimum atomic E-state index is 0.225. The van der Waals surface area contributed by atoms with E-state index in [9.17, 15) is 0 Å². The summed E-state index contributed by atoms with van der Waals surface area (Å²) in [5.74, 6) is 1.27. The maximum Gasteiger partial charge on any atom is 0.227 e. The van der Waals surface area contributed by atoms with Crippen molar-refractivity contribution in [1.82, 2.24) is 24.6 Å². The maximum absolute atomic E-state index is 8.95. The molecule has 1 saturated carbocycles. The number of anilines is 3. The van der Waals surface area contributed by atoms with E-state index in [0.29, 0.717) is 17.9 Å². The number of aryl methyl sites for hydroxylation is 1. The summed E-state index contributed by atoms with van der Waals surface area (Å²) in [6.45, 7) is 5.09. The summed E-state index contributed by atoms with van der Waals surface area (Å²) in [4.78, 5) is 11.6. The summed E-state index contributed by atoms with van der Waals surface area (Å²) in [5, 5.41) is 20.3. The van der Waals surface area contributed by atoms with E-state index in [1.807, 2.05) is 19.3 Å². The molecule has 170 valence electrons. The van der Waals surface area contributed by atoms with Gasteiger partial charge in [0.1, 0.15) is 0 Å². The van der Waals surface area contributed by atoms with Crippen molar-refractivity contribution in [1.29, 1.82) is 5.26 Å². The molecule has 0 bridgehead atoms. The van der Waals surface area contributed by atoms with Crippen LogP contribution in [0.5, 0.6) is 0 Å².